The average molecular weight is 177 g/mol. The van der Waals surface area contributed by atoms with Gasteiger partial charge in [0.2, 0.25) is 0 Å². The van der Waals surface area contributed by atoms with Crippen LogP contribution < -0.4 is 0 Å². The van der Waals surface area contributed by atoms with E-state index in [9.17, 15) is 0 Å². The zero-order valence-electron chi connectivity index (χ0n) is 6.94. The van der Waals surface area contributed by atoms with Gasteiger partial charge in [-0.1, -0.05) is 0 Å². The van der Waals surface area contributed by atoms with E-state index in [0.29, 0.717) is 19.7 Å². The third kappa shape index (κ3) is 1.60. The Morgan fingerprint density at radius 2 is 1.92 bits per heavy atom. The predicted molar refractivity (Wildman–Crippen MR) is 41.5 cm³/mol. The van der Waals surface area contributed by atoms with Crippen LogP contribution in [0.3, 0.4) is 0 Å². The number of aliphatic hydroxyl groups is 3. The third-order valence-corrected chi connectivity index (χ3v) is 2.17. The number of hydrogen-bond donors (Lipinski definition) is 3. The van der Waals surface area contributed by atoms with Crippen molar-refractivity contribution >= 4 is 0 Å². The van der Waals surface area contributed by atoms with Crippen LogP contribution in [0.1, 0.15) is 0 Å². The van der Waals surface area contributed by atoms with Crippen LogP contribution in [0.4, 0.5) is 0 Å². The molecule has 1 rings (SSSR count). The van der Waals surface area contributed by atoms with E-state index in [4.69, 9.17) is 20.1 Å². The fourth-order valence-corrected chi connectivity index (χ4v) is 1.42. The first-order valence-corrected chi connectivity index (χ1v) is 4.00. The largest absolute Gasteiger partial charge is 0.395 e. The number of β-amino-alcohol motifs (C(OH)–C–C–N with tert-alkyl or cyclic N) is 1. The van der Waals surface area contributed by atoms with E-state index in [1.54, 1.807) is 4.90 Å². The van der Waals surface area contributed by atoms with Crippen LogP contribution in [-0.2, 0) is 4.74 Å². The summed E-state index contributed by atoms with van der Waals surface area (Å²) >= 11 is 0. The van der Waals surface area contributed by atoms with Gasteiger partial charge in [0, 0.05) is 13.1 Å². The second-order valence-corrected chi connectivity index (χ2v) is 2.82. The molecule has 0 aromatic rings. The Kier molecular flexibility index (Phi) is 3.42. The van der Waals surface area contributed by atoms with Crippen molar-refractivity contribution in [3.63, 3.8) is 0 Å². The zero-order valence-corrected chi connectivity index (χ0v) is 6.94. The van der Waals surface area contributed by atoms with Gasteiger partial charge in [0.15, 0.2) is 5.72 Å². The lowest BCUT2D eigenvalue weighted by Gasteiger charge is -2.33. The van der Waals surface area contributed by atoms with Gasteiger partial charge < -0.3 is 20.1 Å². The van der Waals surface area contributed by atoms with Crippen LogP contribution in [0.5, 0.6) is 0 Å². The van der Waals surface area contributed by atoms with Crippen LogP contribution in [-0.4, -0.2) is 65.5 Å². The van der Waals surface area contributed by atoms with Crippen LogP contribution in [0, 0.1) is 0 Å². The molecule has 0 atom stereocenters. The molecule has 0 saturated carbocycles. The van der Waals surface area contributed by atoms with Crippen molar-refractivity contribution in [3.05, 3.63) is 0 Å². The molecule has 0 aromatic carbocycles. The predicted octanol–water partition coefficient (Wildman–Crippen LogP) is -2.01. The molecule has 0 amide bonds. The number of ether oxygens (including phenoxy) is 1. The first-order chi connectivity index (χ1) is 5.79. The average Bonchev–Trinajstić information content (AvgIpc) is 2.50. The van der Waals surface area contributed by atoms with Gasteiger partial charge >= 0.3 is 0 Å². The summed E-state index contributed by atoms with van der Waals surface area (Å²) in [5.41, 5.74) is -0.970. The molecule has 1 heterocycles. The van der Waals surface area contributed by atoms with Crippen molar-refractivity contribution in [3.8, 4) is 0 Å². The molecule has 0 radical (unpaired) electrons. The summed E-state index contributed by atoms with van der Waals surface area (Å²) in [7, 11) is 0. The van der Waals surface area contributed by atoms with Gasteiger partial charge in [0.25, 0.3) is 0 Å². The van der Waals surface area contributed by atoms with Gasteiger partial charge in [-0.3, -0.25) is 4.90 Å². The smallest absolute Gasteiger partial charge is 0.168 e. The standard InChI is InChI=1S/C7H15NO4/c9-3-1-8-2-4-12-7(8,5-10)6-11/h9-11H,1-6H2. The topological polar surface area (TPSA) is 73.2 Å². The van der Waals surface area contributed by atoms with E-state index in [1.165, 1.54) is 0 Å². The second-order valence-electron chi connectivity index (χ2n) is 2.82. The highest BCUT2D eigenvalue weighted by Crippen LogP contribution is 2.21. The Hall–Kier alpha value is -0.200. The van der Waals surface area contributed by atoms with E-state index < -0.39 is 5.72 Å². The fourth-order valence-electron chi connectivity index (χ4n) is 1.42. The van der Waals surface area contributed by atoms with E-state index >= 15 is 0 Å². The highest BCUT2D eigenvalue weighted by molar-refractivity contribution is 4.85. The van der Waals surface area contributed by atoms with Gasteiger partial charge in [-0.05, 0) is 0 Å². The quantitative estimate of drug-likeness (QED) is 0.463. The van der Waals surface area contributed by atoms with Gasteiger partial charge in [-0.2, -0.15) is 0 Å². The van der Waals surface area contributed by atoms with Gasteiger partial charge in [0.1, 0.15) is 0 Å². The normalized spacial score (nSPS) is 23.2. The molecule has 0 aliphatic carbocycles. The summed E-state index contributed by atoms with van der Waals surface area (Å²) in [5, 5.41) is 26.7. The number of nitrogens with zero attached hydrogens (tertiary/aromatic N) is 1. The molecule has 1 aliphatic rings. The molecule has 1 fully saturated rings. The van der Waals surface area contributed by atoms with Gasteiger partial charge in [-0.15, -0.1) is 0 Å². The third-order valence-electron chi connectivity index (χ3n) is 2.17. The number of hydrogen-bond acceptors (Lipinski definition) is 5. The second kappa shape index (κ2) is 4.15. The molecule has 72 valence electrons. The SMILES string of the molecule is OCCN1CCOC1(CO)CO. The molecule has 5 nitrogen and oxygen atoms in total. The van der Waals surface area contributed by atoms with Crippen molar-refractivity contribution in [2.45, 2.75) is 5.72 Å². The van der Waals surface area contributed by atoms with Crippen molar-refractivity contribution in [2.24, 2.45) is 0 Å². The molecular formula is C7H15NO4. The first-order valence-electron chi connectivity index (χ1n) is 4.00. The van der Waals surface area contributed by atoms with Gasteiger partial charge in [0.05, 0.1) is 26.4 Å². The van der Waals surface area contributed by atoms with Crippen molar-refractivity contribution in [1.29, 1.82) is 0 Å². The van der Waals surface area contributed by atoms with Gasteiger partial charge in [-0.25, -0.2) is 0 Å². The molecule has 5 heteroatoms. The summed E-state index contributed by atoms with van der Waals surface area (Å²) in [6, 6.07) is 0. The van der Waals surface area contributed by atoms with Crippen LogP contribution in [0.2, 0.25) is 0 Å². The zero-order chi connectivity index (χ0) is 9.03. The van der Waals surface area contributed by atoms with Crippen LogP contribution in [0.25, 0.3) is 0 Å². The minimum atomic E-state index is -0.970. The Balaban J connectivity index is 2.58. The summed E-state index contributed by atoms with van der Waals surface area (Å²) in [5.74, 6) is 0. The maximum absolute atomic E-state index is 9.01. The highest BCUT2D eigenvalue weighted by atomic mass is 16.6. The lowest BCUT2D eigenvalue weighted by atomic mass is 10.2. The molecule has 0 bridgehead atoms. The maximum atomic E-state index is 9.01. The number of aliphatic hydroxyl groups excluding tert-OH is 3. The lowest BCUT2D eigenvalue weighted by molar-refractivity contribution is -0.144. The Bertz CT molecular complexity index is 137. The lowest BCUT2D eigenvalue weighted by Crippen LogP contribution is -2.52. The van der Waals surface area contributed by atoms with E-state index in [-0.39, 0.29) is 19.8 Å². The summed E-state index contributed by atoms with van der Waals surface area (Å²) < 4.78 is 5.22. The van der Waals surface area contributed by atoms with Crippen LogP contribution >= 0.6 is 0 Å². The minimum absolute atomic E-state index is 0.00507. The van der Waals surface area contributed by atoms with E-state index in [0.717, 1.165) is 0 Å². The fraction of sp³-hybridized carbons (Fsp3) is 1.00. The molecule has 3 N–H and O–H groups in total. The molecule has 0 unspecified atom stereocenters. The first kappa shape index (κ1) is 9.88. The van der Waals surface area contributed by atoms with Crippen molar-refractivity contribution in [2.75, 3.05) is 39.5 Å². The molecule has 0 spiro atoms. The Morgan fingerprint density at radius 1 is 1.25 bits per heavy atom. The minimum Gasteiger partial charge on any atom is -0.395 e. The molecular weight excluding hydrogens is 162 g/mol. The Morgan fingerprint density at radius 3 is 2.42 bits per heavy atom. The molecule has 12 heavy (non-hydrogen) atoms. The van der Waals surface area contributed by atoms with E-state index in [2.05, 4.69) is 0 Å². The summed E-state index contributed by atoms with van der Waals surface area (Å²) in [6.45, 7) is 1.06. The van der Waals surface area contributed by atoms with Crippen molar-refractivity contribution < 1.29 is 20.1 Å². The summed E-state index contributed by atoms with van der Waals surface area (Å²) in [6.07, 6.45) is 0. The highest BCUT2D eigenvalue weighted by Gasteiger charge is 2.40. The van der Waals surface area contributed by atoms with Crippen molar-refractivity contribution in [1.82, 2.24) is 4.90 Å². The molecule has 1 saturated heterocycles. The van der Waals surface area contributed by atoms with Crippen LogP contribution in [0.15, 0.2) is 0 Å². The monoisotopic (exact) mass is 177 g/mol. The van der Waals surface area contributed by atoms with E-state index in [1.807, 2.05) is 0 Å². The number of rotatable bonds is 4. The Labute approximate surface area is 71.2 Å². The maximum Gasteiger partial charge on any atom is 0.168 e. The molecule has 0 aromatic heterocycles. The molecule has 1 aliphatic heterocycles. The summed E-state index contributed by atoms with van der Waals surface area (Å²) in [4.78, 5) is 1.74.